The minimum atomic E-state index is -0.774. The van der Waals surface area contributed by atoms with Crippen LogP contribution in [0, 0.1) is 5.82 Å². The Bertz CT molecular complexity index is 1490. The van der Waals surface area contributed by atoms with Gasteiger partial charge in [0.15, 0.2) is 5.82 Å². The SMILES string of the molecule is CCn1c(CO)nn(-c2cc3c(C(C)(C)C)cn(-c4ccccc4Cl)c(=O)c3cc2F)c1=O. The lowest BCUT2D eigenvalue weighted by molar-refractivity contribution is 0.264. The monoisotopic (exact) mass is 470 g/mol. The van der Waals surface area contributed by atoms with Crippen molar-refractivity contribution in [2.75, 3.05) is 0 Å². The van der Waals surface area contributed by atoms with Gasteiger partial charge >= 0.3 is 5.69 Å². The first-order valence-electron chi connectivity index (χ1n) is 10.5. The zero-order chi connectivity index (χ0) is 24.1. The Morgan fingerprint density at radius 2 is 1.79 bits per heavy atom. The zero-order valence-electron chi connectivity index (χ0n) is 18.8. The van der Waals surface area contributed by atoms with Gasteiger partial charge < -0.3 is 5.11 Å². The number of hydrogen-bond donors (Lipinski definition) is 1. The number of rotatable bonds is 4. The zero-order valence-corrected chi connectivity index (χ0v) is 19.5. The normalized spacial score (nSPS) is 12.0. The highest BCUT2D eigenvalue weighted by Crippen LogP contribution is 2.32. The number of hydrogen-bond acceptors (Lipinski definition) is 4. The average Bonchev–Trinajstić information content (AvgIpc) is 3.09. The van der Waals surface area contributed by atoms with Crippen LogP contribution in [-0.4, -0.2) is 24.0 Å². The maximum absolute atomic E-state index is 15.3. The summed E-state index contributed by atoms with van der Waals surface area (Å²) in [6.45, 7) is 7.50. The molecule has 9 heteroatoms. The van der Waals surface area contributed by atoms with Crippen LogP contribution in [0.2, 0.25) is 5.02 Å². The average molecular weight is 471 g/mol. The van der Waals surface area contributed by atoms with Gasteiger partial charge in [0.25, 0.3) is 5.56 Å². The smallest absolute Gasteiger partial charge is 0.350 e. The molecule has 0 aliphatic rings. The lowest BCUT2D eigenvalue weighted by atomic mass is 9.84. The Balaban J connectivity index is 2.09. The molecule has 0 unspecified atom stereocenters. The molecule has 4 aromatic rings. The second kappa shape index (κ2) is 8.28. The lowest BCUT2D eigenvalue weighted by Crippen LogP contribution is -2.26. The third kappa shape index (κ3) is 3.79. The van der Waals surface area contributed by atoms with Crippen LogP contribution < -0.4 is 11.2 Å². The summed E-state index contributed by atoms with van der Waals surface area (Å²) in [7, 11) is 0. The molecule has 0 atom stereocenters. The van der Waals surface area contributed by atoms with Crippen LogP contribution in [0.4, 0.5) is 4.39 Å². The second-order valence-electron chi connectivity index (χ2n) is 8.78. The third-order valence-electron chi connectivity index (χ3n) is 5.63. The first kappa shape index (κ1) is 22.9. The van der Waals surface area contributed by atoms with Crippen molar-refractivity contribution in [3.8, 4) is 11.4 Å². The van der Waals surface area contributed by atoms with E-state index in [-0.39, 0.29) is 23.4 Å². The summed E-state index contributed by atoms with van der Waals surface area (Å²) in [4.78, 5) is 26.2. The number of benzene rings is 2. The summed E-state index contributed by atoms with van der Waals surface area (Å²) in [5, 5.41) is 14.7. The Kier molecular flexibility index (Phi) is 5.76. The van der Waals surface area contributed by atoms with Crippen molar-refractivity contribution >= 4 is 22.4 Å². The van der Waals surface area contributed by atoms with E-state index in [9.17, 15) is 14.7 Å². The summed E-state index contributed by atoms with van der Waals surface area (Å²) >= 11 is 6.34. The maximum atomic E-state index is 15.3. The van der Waals surface area contributed by atoms with Gasteiger partial charge in [-0.1, -0.05) is 44.5 Å². The molecule has 0 saturated carbocycles. The van der Waals surface area contributed by atoms with Gasteiger partial charge in [0.1, 0.15) is 18.1 Å². The molecule has 0 radical (unpaired) electrons. The van der Waals surface area contributed by atoms with Gasteiger partial charge in [-0.2, -0.15) is 4.68 Å². The third-order valence-corrected chi connectivity index (χ3v) is 5.95. The first-order chi connectivity index (χ1) is 15.6. The van der Waals surface area contributed by atoms with Crippen molar-refractivity contribution in [2.45, 2.75) is 46.3 Å². The molecule has 2 heterocycles. The van der Waals surface area contributed by atoms with Crippen LogP contribution in [0.1, 0.15) is 39.1 Å². The lowest BCUT2D eigenvalue weighted by Gasteiger charge is -2.23. The highest BCUT2D eigenvalue weighted by molar-refractivity contribution is 6.32. The van der Waals surface area contributed by atoms with E-state index in [0.717, 1.165) is 16.3 Å². The Hall–Kier alpha value is -3.23. The molecule has 0 bridgehead atoms. The molecule has 1 N–H and O–H groups in total. The summed E-state index contributed by atoms with van der Waals surface area (Å²) in [6, 6.07) is 9.55. The molecule has 4 rings (SSSR count). The second-order valence-corrected chi connectivity index (χ2v) is 9.19. The number of aliphatic hydroxyl groups is 1. The quantitative estimate of drug-likeness (QED) is 0.489. The highest BCUT2D eigenvalue weighted by Gasteiger charge is 2.24. The number of pyridine rings is 1. The van der Waals surface area contributed by atoms with Gasteiger partial charge in [0.05, 0.1) is 16.1 Å². The first-order valence-corrected chi connectivity index (χ1v) is 10.9. The van der Waals surface area contributed by atoms with Gasteiger partial charge in [-0.05, 0) is 47.6 Å². The number of halogens is 2. The van der Waals surface area contributed by atoms with E-state index < -0.39 is 29.1 Å². The van der Waals surface area contributed by atoms with Crippen LogP contribution in [0.5, 0.6) is 0 Å². The summed E-state index contributed by atoms with van der Waals surface area (Å²) in [5.41, 5.74) is -0.251. The van der Waals surface area contributed by atoms with Crippen molar-refractivity contribution < 1.29 is 9.50 Å². The van der Waals surface area contributed by atoms with Gasteiger partial charge in [0.2, 0.25) is 0 Å². The van der Waals surface area contributed by atoms with Crippen molar-refractivity contribution in [3.05, 3.63) is 85.7 Å². The van der Waals surface area contributed by atoms with Crippen molar-refractivity contribution in [1.29, 1.82) is 0 Å². The molecule has 0 saturated heterocycles. The van der Waals surface area contributed by atoms with Gasteiger partial charge in [-0.3, -0.25) is 13.9 Å². The molecule has 0 amide bonds. The summed E-state index contributed by atoms with van der Waals surface area (Å²) < 4.78 is 18.9. The van der Waals surface area contributed by atoms with Crippen LogP contribution in [-0.2, 0) is 18.6 Å². The predicted molar refractivity (Wildman–Crippen MR) is 126 cm³/mol. The standard InChI is InChI=1S/C24H24ClFN4O3/c1-5-28-21(13-31)27-30(23(28)33)20-11-14-15(10-18(20)26)22(32)29(12-16(14)24(2,3)4)19-9-7-6-8-17(19)25/h6-12,31H,5,13H2,1-4H3. The van der Waals surface area contributed by atoms with Gasteiger partial charge in [-0.25, -0.2) is 9.18 Å². The van der Waals surface area contributed by atoms with Crippen LogP contribution in [0.15, 0.2) is 52.2 Å². The molecule has 0 spiro atoms. The predicted octanol–water partition coefficient (Wildman–Crippen LogP) is 3.94. The largest absolute Gasteiger partial charge is 0.388 e. The van der Waals surface area contributed by atoms with Gasteiger partial charge in [0, 0.05) is 12.7 Å². The molecule has 2 aromatic heterocycles. The van der Waals surface area contributed by atoms with Crippen LogP contribution in [0.25, 0.3) is 22.1 Å². The Labute approximate surface area is 194 Å². The van der Waals surface area contributed by atoms with E-state index >= 15 is 4.39 Å². The Morgan fingerprint density at radius 1 is 1.09 bits per heavy atom. The van der Waals surface area contributed by atoms with Crippen LogP contribution >= 0.6 is 11.6 Å². The number of nitrogens with zero attached hydrogens (tertiary/aromatic N) is 4. The molecule has 0 aliphatic heterocycles. The number of aliphatic hydroxyl groups excluding tert-OH is 1. The van der Waals surface area contributed by atoms with Crippen molar-refractivity contribution in [2.24, 2.45) is 0 Å². The molecule has 172 valence electrons. The van der Waals surface area contributed by atoms with Crippen LogP contribution in [0.3, 0.4) is 0 Å². The van der Waals surface area contributed by atoms with Crippen molar-refractivity contribution in [1.82, 2.24) is 18.9 Å². The molecule has 2 aromatic carbocycles. The minimum absolute atomic E-state index is 0.0882. The number of aromatic nitrogens is 4. The molecule has 0 aliphatic carbocycles. The minimum Gasteiger partial charge on any atom is -0.388 e. The fourth-order valence-electron chi connectivity index (χ4n) is 3.96. The van der Waals surface area contributed by atoms with E-state index in [1.807, 2.05) is 20.8 Å². The maximum Gasteiger partial charge on any atom is 0.350 e. The van der Waals surface area contributed by atoms with E-state index in [2.05, 4.69) is 5.10 Å². The molecular formula is C24H24ClFN4O3. The van der Waals surface area contributed by atoms with E-state index in [0.29, 0.717) is 16.1 Å². The molecule has 7 nitrogen and oxygen atoms in total. The Morgan fingerprint density at radius 3 is 2.36 bits per heavy atom. The number of fused-ring (bicyclic) bond motifs is 1. The van der Waals surface area contributed by atoms with Gasteiger partial charge in [-0.15, -0.1) is 5.10 Å². The fourth-order valence-corrected chi connectivity index (χ4v) is 4.19. The number of para-hydroxylation sites is 1. The summed E-state index contributed by atoms with van der Waals surface area (Å²) in [5.74, 6) is -0.643. The van der Waals surface area contributed by atoms with E-state index in [1.165, 1.54) is 15.2 Å². The van der Waals surface area contributed by atoms with E-state index in [1.54, 1.807) is 37.4 Å². The molecule has 0 fully saturated rings. The molecule has 33 heavy (non-hydrogen) atoms. The molecular weight excluding hydrogens is 447 g/mol. The highest BCUT2D eigenvalue weighted by atomic mass is 35.5. The topological polar surface area (TPSA) is 82.0 Å². The summed E-state index contributed by atoms with van der Waals surface area (Å²) in [6.07, 6.45) is 1.71. The van der Waals surface area contributed by atoms with E-state index in [4.69, 9.17) is 11.6 Å². The fraction of sp³-hybridized carbons (Fsp3) is 0.292. The van der Waals surface area contributed by atoms with Crippen molar-refractivity contribution in [3.63, 3.8) is 0 Å².